The van der Waals surface area contributed by atoms with Gasteiger partial charge in [-0.3, -0.25) is 29.4 Å². The molecular weight excluding hydrogens is 404 g/mol. The molecule has 1 N–H and O–H groups in total. The molecule has 4 aromatic heterocycles. The topological polar surface area (TPSA) is 103 Å². The van der Waals surface area contributed by atoms with Crippen LogP contribution in [0, 0.1) is 27.3 Å². The third-order valence-electron chi connectivity index (χ3n) is 4.96. The van der Waals surface area contributed by atoms with Crippen LogP contribution in [0.2, 0.25) is 0 Å². The van der Waals surface area contributed by atoms with Crippen molar-refractivity contribution in [1.82, 2.24) is 29.7 Å². The van der Waals surface area contributed by atoms with Gasteiger partial charge in [-0.05, 0) is 44.5 Å². The highest BCUT2D eigenvalue weighted by Gasteiger charge is 2.17. The first-order valence-electron chi connectivity index (χ1n) is 9.87. The number of aromatic nitrogens is 6. The maximum absolute atomic E-state index is 12.7. The first-order chi connectivity index (χ1) is 15.5. The maximum Gasteiger partial charge on any atom is 0.246 e. The number of pyridine rings is 2. The van der Waals surface area contributed by atoms with Crippen molar-refractivity contribution in [3.63, 3.8) is 0 Å². The lowest BCUT2D eigenvalue weighted by Crippen LogP contribution is -2.21. The summed E-state index contributed by atoms with van der Waals surface area (Å²) in [4.78, 5) is 33.0. The lowest BCUT2D eigenvalue weighted by molar-refractivity contribution is -0.117. The Kier molecular flexibility index (Phi) is 5.68. The van der Waals surface area contributed by atoms with Gasteiger partial charge in [0.1, 0.15) is 12.4 Å². The molecule has 0 atom stereocenters. The van der Waals surface area contributed by atoms with Crippen molar-refractivity contribution in [1.29, 1.82) is 0 Å². The van der Waals surface area contributed by atoms with Crippen molar-refractivity contribution < 1.29 is 4.79 Å². The fraction of sp³-hybridized carbons (Fsp3) is 0.174. The van der Waals surface area contributed by atoms with Crippen molar-refractivity contribution in [2.45, 2.75) is 27.3 Å². The minimum atomic E-state index is -0.322. The Balaban J connectivity index is 1.55. The molecule has 158 valence electrons. The van der Waals surface area contributed by atoms with Gasteiger partial charge in [-0.25, -0.2) is 4.85 Å². The SMILES string of the molecule is [C-]#[N+]c1cc(-c2cnccn2)cnc1NC(=O)Cn1nc(C)c(-c2ccnc(C)c2)c1C. The summed E-state index contributed by atoms with van der Waals surface area (Å²) in [6, 6.07) is 5.55. The van der Waals surface area contributed by atoms with Crippen LogP contribution < -0.4 is 5.32 Å². The predicted molar refractivity (Wildman–Crippen MR) is 120 cm³/mol. The van der Waals surface area contributed by atoms with Gasteiger partial charge in [0.25, 0.3) is 0 Å². The first kappa shape index (κ1) is 20.8. The molecule has 0 fully saturated rings. The smallest absolute Gasteiger partial charge is 0.246 e. The number of carbonyl (C=O) groups excluding carboxylic acids is 1. The molecule has 0 saturated heterocycles. The van der Waals surface area contributed by atoms with E-state index in [4.69, 9.17) is 6.57 Å². The number of carbonyl (C=O) groups is 1. The summed E-state index contributed by atoms with van der Waals surface area (Å²) in [5.74, 6) is -0.123. The van der Waals surface area contributed by atoms with Gasteiger partial charge in [-0.2, -0.15) is 5.10 Å². The molecule has 0 bridgehead atoms. The van der Waals surface area contributed by atoms with Crippen LogP contribution in [0.4, 0.5) is 11.5 Å². The summed E-state index contributed by atoms with van der Waals surface area (Å²) >= 11 is 0. The van der Waals surface area contributed by atoms with E-state index < -0.39 is 0 Å². The van der Waals surface area contributed by atoms with Gasteiger partial charge in [0.15, 0.2) is 0 Å². The number of nitrogens with one attached hydrogen (secondary N) is 1. The molecule has 1 amide bonds. The van der Waals surface area contributed by atoms with Crippen LogP contribution >= 0.6 is 0 Å². The number of hydrogen-bond donors (Lipinski definition) is 1. The van der Waals surface area contributed by atoms with Crippen LogP contribution in [0.25, 0.3) is 27.2 Å². The molecule has 0 unspecified atom stereocenters. The summed E-state index contributed by atoms with van der Waals surface area (Å²) in [7, 11) is 0. The van der Waals surface area contributed by atoms with Crippen molar-refractivity contribution in [3.05, 3.63) is 77.7 Å². The molecule has 0 aliphatic heterocycles. The molecule has 0 aromatic carbocycles. The molecule has 4 heterocycles. The summed E-state index contributed by atoms with van der Waals surface area (Å²) in [5.41, 5.74) is 6.08. The molecule has 32 heavy (non-hydrogen) atoms. The predicted octanol–water partition coefficient (Wildman–Crippen LogP) is 3.91. The number of nitrogens with zero attached hydrogens (tertiary/aromatic N) is 7. The Bertz CT molecular complexity index is 1340. The monoisotopic (exact) mass is 424 g/mol. The first-order valence-corrected chi connectivity index (χ1v) is 9.87. The Hall–Kier alpha value is -4.45. The van der Waals surface area contributed by atoms with Crippen molar-refractivity contribution in [2.75, 3.05) is 5.32 Å². The minimum Gasteiger partial charge on any atom is -0.318 e. The zero-order valence-corrected chi connectivity index (χ0v) is 17.9. The van der Waals surface area contributed by atoms with Gasteiger partial charge in [-0.15, -0.1) is 0 Å². The summed E-state index contributed by atoms with van der Waals surface area (Å²) in [6.45, 7) is 13.2. The van der Waals surface area contributed by atoms with E-state index in [2.05, 4.69) is 35.2 Å². The van der Waals surface area contributed by atoms with Crippen molar-refractivity contribution >= 4 is 17.4 Å². The number of rotatable bonds is 5. The van der Waals surface area contributed by atoms with Gasteiger partial charge >= 0.3 is 0 Å². The molecule has 0 aliphatic rings. The zero-order valence-electron chi connectivity index (χ0n) is 17.9. The van der Waals surface area contributed by atoms with E-state index in [1.165, 1.54) is 0 Å². The van der Waals surface area contributed by atoms with Crippen molar-refractivity contribution in [3.8, 4) is 22.4 Å². The van der Waals surface area contributed by atoms with E-state index in [-0.39, 0.29) is 24.0 Å². The minimum absolute atomic E-state index is 0.00176. The second-order valence-corrected chi connectivity index (χ2v) is 7.23. The molecule has 0 saturated carbocycles. The van der Waals surface area contributed by atoms with Crippen LogP contribution in [-0.4, -0.2) is 35.6 Å². The van der Waals surface area contributed by atoms with E-state index in [1.54, 1.807) is 41.7 Å². The van der Waals surface area contributed by atoms with Gasteiger partial charge in [0.2, 0.25) is 11.6 Å². The highest BCUT2D eigenvalue weighted by Crippen LogP contribution is 2.29. The highest BCUT2D eigenvalue weighted by atomic mass is 16.2. The number of anilines is 1. The van der Waals surface area contributed by atoms with Gasteiger partial charge in [-0.1, -0.05) is 0 Å². The lowest BCUT2D eigenvalue weighted by atomic mass is 10.0. The maximum atomic E-state index is 12.7. The second kappa shape index (κ2) is 8.73. The van der Waals surface area contributed by atoms with E-state index in [0.29, 0.717) is 11.3 Å². The van der Waals surface area contributed by atoms with E-state index >= 15 is 0 Å². The highest BCUT2D eigenvalue weighted by molar-refractivity contribution is 5.93. The Morgan fingerprint density at radius 3 is 2.62 bits per heavy atom. The molecule has 0 aliphatic carbocycles. The Labute approximate surface area is 185 Å². The third-order valence-corrected chi connectivity index (χ3v) is 4.96. The van der Waals surface area contributed by atoms with E-state index in [9.17, 15) is 4.79 Å². The number of amides is 1. The quantitative estimate of drug-likeness (QED) is 0.487. The summed E-state index contributed by atoms with van der Waals surface area (Å²) in [6.07, 6.45) is 8.05. The normalized spacial score (nSPS) is 10.6. The standard InChI is InChI=1S/C23H20N8O/c1-14-9-17(5-6-26-14)22-15(2)30-31(16(22)3)13-21(32)29-23-19(24-4)10-18(11-28-23)20-12-25-7-8-27-20/h5-12H,13H2,1-3H3,(H,28,29,32). The zero-order chi connectivity index (χ0) is 22.7. The molecule has 4 rings (SSSR count). The average Bonchev–Trinajstić information content (AvgIpc) is 3.07. The van der Waals surface area contributed by atoms with Crippen molar-refractivity contribution in [2.24, 2.45) is 0 Å². The third kappa shape index (κ3) is 4.20. The fourth-order valence-electron chi connectivity index (χ4n) is 3.50. The van der Waals surface area contributed by atoms with E-state index in [0.717, 1.165) is 28.2 Å². The van der Waals surface area contributed by atoms with Crippen LogP contribution in [0.5, 0.6) is 0 Å². The number of aryl methyl sites for hydroxylation is 2. The second-order valence-electron chi connectivity index (χ2n) is 7.23. The Morgan fingerprint density at radius 1 is 1.06 bits per heavy atom. The van der Waals surface area contributed by atoms with Crippen LogP contribution in [0.15, 0.2) is 49.2 Å². The fourth-order valence-corrected chi connectivity index (χ4v) is 3.50. The summed E-state index contributed by atoms with van der Waals surface area (Å²) in [5, 5.41) is 7.26. The van der Waals surface area contributed by atoms with Gasteiger partial charge < -0.3 is 5.32 Å². The molecular formula is C23H20N8O. The molecule has 0 spiro atoms. The van der Waals surface area contributed by atoms with E-state index in [1.807, 2.05) is 32.9 Å². The number of hydrogen-bond acceptors (Lipinski definition) is 6. The van der Waals surface area contributed by atoms with Crippen LogP contribution in [-0.2, 0) is 11.3 Å². The van der Waals surface area contributed by atoms with Crippen LogP contribution in [0.1, 0.15) is 17.1 Å². The Morgan fingerprint density at radius 2 is 1.91 bits per heavy atom. The molecule has 9 heteroatoms. The summed E-state index contributed by atoms with van der Waals surface area (Å²) < 4.78 is 1.65. The van der Waals surface area contributed by atoms with Crippen LogP contribution in [0.3, 0.4) is 0 Å². The molecule has 4 aromatic rings. The molecule has 9 nitrogen and oxygen atoms in total. The largest absolute Gasteiger partial charge is 0.318 e. The molecule has 0 radical (unpaired) electrons. The average molecular weight is 424 g/mol. The van der Waals surface area contributed by atoms with Gasteiger partial charge in [0, 0.05) is 47.3 Å². The van der Waals surface area contributed by atoms with Gasteiger partial charge in [0.05, 0.1) is 24.2 Å². The lowest BCUT2D eigenvalue weighted by Gasteiger charge is -2.09.